The maximum absolute atomic E-state index is 12.5. The summed E-state index contributed by atoms with van der Waals surface area (Å²) in [6.45, 7) is 3.74. The van der Waals surface area contributed by atoms with E-state index in [1.54, 1.807) is 31.3 Å². The minimum absolute atomic E-state index is 0.303. The van der Waals surface area contributed by atoms with E-state index >= 15 is 0 Å². The van der Waals surface area contributed by atoms with E-state index in [9.17, 15) is 9.59 Å². The fourth-order valence-electron chi connectivity index (χ4n) is 2.36. The summed E-state index contributed by atoms with van der Waals surface area (Å²) in [7, 11) is 0. The number of hydrogen-bond donors (Lipinski definition) is 1. The smallest absolute Gasteiger partial charge is 0.264 e. The molecule has 1 unspecified atom stereocenters. The molecule has 2 amide bonds. The van der Waals surface area contributed by atoms with Crippen molar-refractivity contribution in [2.24, 2.45) is 0 Å². The second-order valence-corrected chi connectivity index (χ2v) is 6.00. The van der Waals surface area contributed by atoms with Crippen molar-refractivity contribution in [1.82, 2.24) is 9.88 Å². The van der Waals surface area contributed by atoms with Crippen molar-refractivity contribution in [3.63, 3.8) is 0 Å². The Morgan fingerprint density at radius 1 is 1.30 bits per heavy atom. The number of rotatable bonds is 2. The van der Waals surface area contributed by atoms with Crippen LogP contribution in [-0.2, 0) is 0 Å². The van der Waals surface area contributed by atoms with Gasteiger partial charge >= 0.3 is 0 Å². The molecule has 1 aliphatic rings. The number of anilines is 1. The monoisotopic (exact) mass is 287 g/mol. The Kier molecular flexibility index (Phi) is 2.83. The lowest BCUT2D eigenvalue weighted by Crippen LogP contribution is -2.32. The molecular formula is C14H13N3O2S. The lowest BCUT2D eigenvalue weighted by Gasteiger charge is -2.20. The highest BCUT2D eigenvalue weighted by Gasteiger charge is 2.40. The first kappa shape index (κ1) is 12.8. The van der Waals surface area contributed by atoms with E-state index < -0.39 is 0 Å². The molecule has 1 aromatic heterocycles. The van der Waals surface area contributed by atoms with Gasteiger partial charge in [-0.1, -0.05) is 6.07 Å². The van der Waals surface area contributed by atoms with Crippen molar-refractivity contribution in [1.29, 1.82) is 0 Å². The number of nitrogens with zero attached hydrogens (tertiary/aromatic N) is 2. The molecule has 1 aromatic carbocycles. The fraction of sp³-hybridized carbons (Fsp3) is 0.214. The van der Waals surface area contributed by atoms with Gasteiger partial charge in [0.15, 0.2) is 0 Å². The number of thiazole rings is 1. The van der Waals surface area contributed by atoms with Crippen LogP contribution in [-0.4, -0.2) is 21.7 Å². The number of carbonyl (C=O) groups excluding carboxylic acids is 2. The summed E-state index contributed by atoms with van der Waals surface area (Å²) in [4.78, 5) is 31.4. The molecule has 0 radical (unpaired) electrons. The van der Waals surface area contributed by atoms with Crippen LogP contribution >= 0.6 is 11.3 Å². The largest absolute Gasteiger partial charge is 0.398 e. The number of benzene rings is 1. The van der Waals surface area contributed by atoms with Gasteiger partial charge in [-0.2, -0.15) is 0 Å². The van der Waals surface area contributed by atoms with E-state index in [1.807, 2.05) is 6.92 Å². The van der Waals surface area contributed by atoms with Crippen LogP contribution in [0.1, 0.15) is 43.6 Å². The van der Waals surface area contributed by atoms with E-state index in [-0.39, 0.29) is 17.9 Å². The van der Waals surface area contributed by atoms with Crippen molar-refractivity contribution in [3.05, 3.63) is 45.4 Å². The molecule has 0 spiro atoms. The first-order valence-corrected chi connectivity index (χ1v) is 7.01. The fourth-order valence-corrected chi connectivity index (χ4v) is 3.17. The van der Waals surface area contributed by atoms with E-state index in [0.29, 0.717) is 16.8 Å². The van der Waals surface area contributed by atoms with Gasteiger partial charge in [0, 0.05) is 16.8 Å². The van der Waals surface area contributed by atoms with Gasteiger partial charge < -0.3 is 5.73 Å². The predicted octanol–water partition coefficient (Wildman–Crippen LogP) is 2.39. The standard InChI is InChI=1S/C14H13N3O2S/c1-7-6-16-12(20-7)8(2)17-13(18)9-4-3-5-10(15)11(9)14(17)19/h3-6,8H,15H2,1-2H3. The number of aryl methyl sites for hydroxylation is 1. The zero-order valence-corrected chi connectivity index (χ0v) is 11.9. The number of amides is 2. The summed E-state index contributed by atoms with van der Waals surface area (Å²) in [6.07, 6.45) is 1.74. The normalized spacial score (nSPS) is 15.6. The third-order valence-corrected chi connectivity index (χ3v) is 4.45. The van der Waals surface area contributed by atoms with Gasteiger partial charge in [-0.05, 0) is 26.0 Å². The first-order valence-electron chi connectivity index (χ1n) is 6.19. The summed E-state index contributed by atoms with van der Waals surface area (Å²) in [5.74, 6) is -0.652. The summed E-state index contributed by atoms with van der Waals surface area (Å²) >= 11 is 1.48. The number of aromatic nitrogens is 1. The van der Waals surface area contributed by atoms with Gasteiger partial charge in [-0.3, -0.25) is 14.5 Å². The second kappa shape index (κ2) is 4.42. The van der Waals surface area contributed by atoms with Gasteiger partial charge in [0.25, 0.3) is 11.8 Å². The minimum Gasteiger partial charge on any atom is -0.398 e. The molecule has 0 fully saturated rings. The molecular weight excluding hydrogens is 274 g/mol. The minimum atomic E-state index is -0.388. The average Bonchev–Trinajstić information content (AvgIpc) is 2.94. The molecule has 2 heterocycles. The SMILES string of the molecule is Cc1cnc(C(C)N2C(=O)c3cccc(N)c3C2=O)s1. The van der Waals surface area contributed by atoms with Crippen LogP contribution in [0.25, 0.3) is 0 Å². The topological polar surface area (TPSA) is 76.3 Å². The first-order chi connectivity index (χ1) is 9.50. The van der Waals surface area contributed by atoms with Gasteiger partial charge in [-0.25, -0.2) is 4.98 Å². The van der Waals surface area contributed by atoms with Gasteiger partial charge in [-0.15, -0.1) is 11.3 Å². The Morgan fingerprint density at radius 3 is 2.65 bits per heavy atom. The van der Waals surface area contributed by atoms with Crippen LogP contribution in [0.3, 0.4) is 0 Å². The Morgan fingerprint density at radius 2 is 2.05 bits per heavy atom. The Bertz CT molecular complexity index is 723. The Hall–Kier alpha value is -2.21. The molecule has 102 valence electrons. The lowest BCUT2D eigenvalue weighted by molar-refractivity contribution is 0.0595. The van der Waals surface area contributed by atoms with Crippen molar-refractivity contribution >= 4 is 28.8 Å². The molecule has 1 atom stereocenters. The van der Waals surface area contributed by atoms with E-state index in [0.717, 1.165) is 9.88 Å². The number of carbonyl (C=O) groups is 2. The predicted molar refractivity (Wildman–Crippen MR) is 76.6 cm³/mol. The number of nitrogen functional groups attached to an aromatic ring is 1. The summed E-state index contributed by atoms with van der Waals surface area (Å²) in [6, 6.07) is 4.55. The summed E-state index contributed by atoms with van der Waals surface area (Å²) < 4.78 is 0. The van der Waals surface area contributed by atoms with Crippen molar-refractivity contribution in [2.75, 3.05) is 5.73 Å². The highest BCUT2D eigenvalue weighted by Crippen LogP contribution is 2.34. The lowest BCUT2D eigenvalue weighted by atomic mass is 10.1. The van der Waals surface area contributed by atoms with Crippen LogP contribution in [0, 0.1) is 6.92 Å². The summed E-state index contributed by atoms with van der Waals surface area (Å²) in [5, 5.41) is 0.746. The molecule has 5 nitrogen and oxygen atoms in total. The van der Waals surface area contributed by atoms with Crippen LogP contribution in [0.4, 0.5) is 5.69 Å². The molecule has 1 aliphatic heterocycles. The van der Waals surface area contributed by atoms with Crippen molar-refractivity contribution in [2.45, 2.75) is 19.9 Å². The molecule has 3 rings (SSSR count). The van der Waals surface area contributed by atoms with E-state index in [1.165, 1.54) is 16.2 Å². The zero-order valence-electron chi connectivity index (χ0n) is 11.1. The molecule has 20 heavy (non-hydrogen) atoms. The van der Waals surface area contributed by atoms with Gasteiger partial charge in [0.05, 0.1) is 17.2 Å². The highest BCUT2D eigenvalue weighted by atomic mass is 32.1. The zero-order chi connectivity index (χ0) is 14.4. The number of fused-ring (bicyclic) bond motifs is 1. The number of hydrogen-bond acceptors (Lipinski definition) is 5. The Balaban J connectivity index is 2.04. The van der Waals surface area contributed by atoms with Crippen LogP contribution in [0.15, 0.2) is 24.4 Å². The number of imide groups is 1. The number of nitrogens with two attached hydrogens (primary N) is 1. The van der Waals surface area contributed by atoms with Gasteiger partial charge in [0.1, 0.15) is 5.01 Å². The van der Waals surface area contributed by atoms with E-state index in [2.05, 4.69) is 4.98 Å². The Labute approximate surface area is 120 Å². The van der Waals surface area contributed by atoms with Crippen LogP contribution in [0.5, 0.6) is 0 Å². The molecule has 2 aromatic rings. The van der Waals surface area contributed by atoms with Crippen LogP contribution < -0.4 is 5.73 Å². The van der Waals surface area contributed by atoms with Crippen LogP contribution in [0.2, 0.25) is 0 Å². The van der Waals surface area contributed by atoms with E-state index in [4.69, 9.17) is 5.73 Å². The molecule has 6 heteroatoms. The third-order valence-electron chi connectivity index (χ3n) is 3.36. The third kappa shape index (κ3) is 1.72. The summed E-state index contributed by atoms with van der Waals surface area (Å²) in [5.41, 5.74) is 6.83. The highest BCUT2D eigenvalue weighted by molar-refractivity contribution is 7.11. The quantitative estimate of drug-likeness (QED) is 0.679. The van der Waals surface area contributed by atoms with Crippen molar-refractivity contribution in [3.8, 4) is 0 Å². The maximum atomic E-state index is 12.5. The van der Waals surface area contributed by atoms with Gasteiger partial charge in [0.2, 0.25) is 0 Å². The molecule has 2 N–H and O–H groups in total. The molecule has 0 saturated carbocycles. The second-order valence-electron chi connectivity index (χ2n) is 4.74. The molecule has 0 aliphatic carbocycles. The molecule has 0 bridgehead atoms. The average molecular weight is 287 g/mol. The molecule has 0 saturated heterocycles. The van der Waals surface area contributed by atoms with Crippen molar-refractivity contribution < 1.29 is 9.59 Å². The maximum Gasteiger partial charge on any atom is 0.264 e.